The Morgan fingerprint density at radius 3 is 2.53 bits per heavy atom. The fourth-order valence-electron chi connectivity index (χ4n) is 1.73. The number of aromatic nitrogens is 2. The third-order valence-electron chi connectivity index (χ3n) is 2.96. The fourth-order valence-corrected chi connectivity index (χ4v) is 2.39. The molecule has 6 nitrogen and oxygen atoms in total. The van der Waals surface area contributed by atoms with Gasteiger partial charge in [0.25, 0.3) is 5.56 Å². The summed E-state index contributed by atoms with van der Waals surface area (Å²) in [5.74, 6) is 0.0278. The fraction of sp³-hybridized carbons (Fsp3) is 0.583. The molecule has 1 rings (SSSR count). The molecule has 0 atom stereocenters. The van der Waals surface area contributed by atoms with Crippen molar-refractivity contribution >= 4 is 27.5 Å². The lowest BCUT2D eigenvalue weighted by Crippen LogP contribution is -2.39. The molecule has 0 saturated carbocycles. The summed E-state index contributed by atoms with van der Waals surface area (Å²) in [6, 6.07) is 0. The van der Waals surface area contributed by atoms with Gasteiger partial charge in [0.1, 0.15) is 4.47 Å². The number of halogens is 1. The first-order chi connectivity index (χ1) is 8.92. The minimum absolute atomic E-state index is 0.0278. The second-order valence-corrected chi connectivity index (χ2v) is 4.99. The predicted molar refractivity (Wildman–Crippen MR) is 78.4 cm³/mol. The van der Waals surface area contributed by atoms with E-state index in [1.807, 2.05) is 13.8 Å². The van der Waals surface area contributed by atoms with Crippen LogP contribution in [-0.2, 0) is 11.8 Å². The van der Waals surface area contributed by atoms with E-state index in [1.54, 1.807) is 30.1 Å². The van der Waals surface area contributed by atoms with Crippen molar-refractivity contribution in [2.45, 2.75) is 13.8 Å². The molecule has 0 aliphatic carbocycles. The third kappa shape index (κ3) is 3.56. The standard InChI is InChI=1S/C12H19BrN4O2/c1-5-17(6-2)10(18)8-15(3)9-7-14-16(4)12(19)11(9)13/h7H,5-6,8H2,1-4H3. The van der Waals surface area contributed by atoms with E-state index in [4.69, 9.17) is 0 Å². The Labute approximate surface area is 121 Å². The lowest BCUT2D eigenvalue weighted by Gasteiger charge is -2.24. The van der Waals surface area contributed by atoms with E-state index in [0.717, 1.165) is 0 Å². The van der Waals surface area contributed by atoms with Gasteiger partial charge in [-0.15, -0.1) is 0 Å². The van der Waals surface area contributed by atoms with Crippen LogP contribution in [0.1, 0.15) is 13.8 Å². The number of nitrogens with zero attached hydrogens (tertiary/aromatic N) is 4. The first kappa shape index (κ1) is 15.7. The minimum atomic E-state index is -0.223. The molecular weight excluding hydrogens is 312 g/mol. The first-order valence-electron chi connectivity index (χ1n) is 6.13. The van der Waals surface area contributed by atoms with E-state index >= 15 is 0 Å². The highest BCUT2D eigenvalue weighted by Gasteiger charge is 2.16. The molecule has 0 aliphatic heterocycles. The minimum Gasteiger partial charge on any atom is -0.363 e. The summed E-state index contributed by atoms with van der Waals surface area (Å²) >= 11 is 3.25. The summed E-state index contributed by atoms with van der Waals surface area (Å²) in [7, 11) is 3.35. The average molecular weight is 331 g/mol. The molecule has 0 radical (unpaired) electrons. The van der Waals surface area contributed by atoms with Crippen molar-refractivity contribution in [1.29, 1.82) is 0 Å². The number of hydrogen-bond acceptors (Lipinski definition) is 4. The second-order valence-electron chi connectivity index (χ2n) is 4.19. The molecule has 1 heterocycles. The Bertz CT molecular complexity index is 511. The van der Waals surface area contributed by atoms with Crippen molar-refractivity contribution in [2.75, 3.05) is 31.6 Å². The van der Waals surface area contributed by atoms with Gasteiger partial charge in [0, 0.05) is 27.2 Å². The van der Waals surface area contributed by atoms with Crippen LogP contribution < -0.4 is 10.5 Å². The molecule has 1 amide bonds. The van der Waals surface area contributed by atoms with Gasteiger partial charge < -0.3 is 9.80 Å². The lowest BCUT2D eigenvalue weighted by atomic mass is 10.3. The number of aryl methyl sites for hydroxylation is 1. The topological polar surface area (TPSA) is 58.4 Å². The van der Waals surface area contributed by atoms with Crippen LogP contribution in [0.15, 0.2) is 15.5 Å². The van der Waals surface area contributed by atoms with Crippen LogP contribution in [0.5, 0.6) is 0 Å². The molecule has 0 aliphatic rings. The van der Waals surface area contributed by atoms with Gasteiger partial charge in [-0.2, -0.15) is 5.10 Å². The molecule has 106 valence electrons. The molecule has 1 aromatic rings. The number of anilines is 1. The molecule has 0 unspecified atom stereocenters. The number of rotatable bonds is 5. The van der Waals surface area contributed by atoms with Crippen molar-refractivity contribution in [3.63, 3.8) is 0 Å². The number of carbonyl (C=O) groups excluding carboxylic acids is 1. The van der Waals surface area contributed by atoms with Crippen molar-refractivity contribution in [3.05, 3.63) is 21.0 Å². The van der Waals surface area contributed by atoms with Crippen LogP contribution in [0.3, 0.4) is 0 Å². The predicted octanol–water partition coefficient (Wildman–Crippen LogP) is 0.847. The maximum Gasteiger partial charge on any atom is 0.282 e. The number of amides is 1. The number of likely N-dealkylation sites (N-methyl/N-ethyl adjacent to an activating group) is 2. The Balaban J connectivity index is 2.90. The van der Waals surface area contributed by atoms with E-state index in [0.29, 0.717) is 23.2 Å². The Morgan fingerprint density at radius 1 is 1.42 bits per heavy atom. The highest BCUT2D eigenvalue weighted by atomic mass is 79.9. The normalized spacial score (nSPS) is 10.4. The Morgan fingerprint density at radius 2 is 2.00 bits per heavy atom. The van der Waals surface area contributed by atoms with Crippen LogP contribution in [0.4, 0.5) is 5.69 Å². The van der Waals surface area contributed by atoms with Gasteiger partial charge in [0.15, 0.2) is 0 Å². The molecule has 19 heavy (non-hydrogen) atoms. The molecule has 7 heteroatoms. The summed E-state index contributed by atoms with van der Waals surface area (Å²) in [5.41, 5.74) is 0.392. The second kappa shape index (κ2) is 6.70. The van der Waals surface area contributed by atoms with Crippen molar-refractivity contribution < 1.29 is 4.79 Å². The third-order valence-corrected chi connectivity index (χ3v) is 3.71. The van der Waals surface area contributed by atoms with Gasteiger partial charge in [-0.05, 0) is 29.8 Å². The van der Waals surface area contributed by atoms with Crippen LogP contribution in [0.2, 0.25) is 0 Å². The average Bonchev–Trinajstić information content (AvgIpc) is 2.37. The Hall–Kier alpha value is -1.37. The zero-order chi connectivity index (χ0) is 14.6. The maximum atomic E-state index is 12.0. The van der Waals surface area contributed by atoms with E-state index < -0.39 is 0 Å². The SMILES string of the molecule is CCN(CC)C(=O)CN(C)c1cnn(C)c(=O)c1Br. The Kier molecular flexibility index (Phi) is 5.53. The molecule has 0 fully saturated rings. The molecule has 1 aromatic heterocycles. The molecular formula is C12H19BrN4O2. The molecule has 0 spiro atoms. The summed E-state index contributed by atoms with van der Waals surface area (Å²) in [4.78, 5) is 27.2. The smallest absolute Gasteiger partial charge is 0.282 e. The summed E-state index contributed by atoms with van der Waals surface area (Å²) in [6.45, 7) is 5.46. The van der Waals surface area contributed by atoms with Crippen molar-refractivity contribution in [3.8, 4) is 0 Å². The number of carbonyl (C=O) groups is 1. The van der Waals surface area contributed by atoms with Crippen molar-refractivity contribution in [2.24, 2.45) is 7.05 Å². The zero-order valence-electron chi connectivity index (χ0n) is 11.7. The molecule has 0 saturated heterocycles. The van der Waals surface area contributed by atoms with E-state index in [1.165, 1.54) is 4.68 Å². The van der Waals surface area contributed by atoms with Crippen LogP contribution in [0, 0.1) is 0 Å². The molecule has 0 bridgehead atoms. The highest BCUT2D eigenvalue weighted by Crippen LogP contribution is 2.19. The molecule has 0 aromatic carbocycles. The summed E-state index contributed by atoms with van der Waals surface area (Å²) in [6.07, 6.45) is 1.57. The van der Waals surface area contributed by atoms with E-state index in [2.05, 4.69) is 21.0 Å². The van der Waals surface area contributed by atoms with Crippen LogP contribution >= 0.6 is 15.9 Å². The van der Waals surface area contributed by atoms with Crippen LogP contribution in [-0.4, -0.2) is 47.3 Å². The van der Waals surface area contributed by atoms with Gasteiger partial charge in [-0.3, -0.25) is 9.59 Å². The van der Waals surface area contributed by atoms with Gasteiger partial charge in [-0.25, -0.2) is 4.68 Å². The zero-order valence-corrected chi connectivity index (χ0v) is 13.3. The monoisotopic (exact) mass is 330 g/mol. The highest BCUT2D eigenvalue weighted by molar-refractivity contribution is 9.10. The van der Waals surface area contributed by atoms with Gasteiger partial charge in [0.2, 0.25) is 5.91 Å². The van der Waals surface area contributed by atoms with E-state index in [9.17, 15) is 9.59 Å². The first-order valence-corrected chi connectivity index (χ1v) is 6.92. The van der Waals surface area contributed by atoms with Gasteiger partial charge >= 0.3 is 0 Å². The van der Waals surface area contributed by atoms with E-state index in [-0.39, 0.29) is 18.0 Å². The van der Waals surface area contributed by atoms with Gasteiger partial charge in [0.05, 0.1) is 18.4 Å². The van der Waals surface area contributed by atoms with Crippen LogP contribution in [0.25, 0.3) is 0 Å². The summed E-state index contributed by atoms with van der Waals surface area (Å²) < 4.78 is 1.66. The largest absolute Gasteiger partial charge is 0.363 e. The van der Waals surface area contributed by atoms with Gasteiger partial charge in [-0.1, -0.05) is 0 Å². The maximum absolute atomic E-state index is 12.0. The quantitative estimate of drug-likeness (QED) is 0.803. The van der Waals surface area contributed by atoms with Crippen molar-refractivity contribution in [1.82, 2.24) is 14.7 Å². The number of hydrogen-bond donors (Lipinski definition) is 0. The molecule has 0 N–H and O–H groups in total. The summed E-state index contributed by atoms with van der Waals surface area (Å²) in [5, 5.41) is 3.96. The lowest BCUT2D eigenvalue weighted by molar-refractivity contribution is -0.129.